The number of nitrogens with one attached hydrogen (secondary N) is 1. The van der Waals surface area contributed by atoms with Gasteiger partial charge in [0.1, 0.15) is 0 Å². The van der Waals surface area contributed by atoms with Crippen LogP contribution in [-0.4, -0.2) is 18.0 Å². The molecule has 0 radical (unpaired) electrons. The predicted molar refractivity (Wildman–Crippen MR) is 71.6 cm³/mol. The van der Waals surface area contributed by atoms with Crippen LogP contribution in [0.1, 0.15) is 59.3 Å². The summed E-state index contributed by atoms with van der Waals surface area (Å²) in [6.07, 6.45) is 7.24. The van der Waals surface area contributed by atoms with Crippen LogP contribution in [0.4, 0.5) is 0 Å². The quantitative estimate of drug-likeness (QED) is 0.775. The van der Waals surface area contributed by atoms with E-state index >= 15 is 0 Å². The molecular weight excluding hydrogens is 212 g/mol. The SMILES string of the molecule is CC(C)CC(N)C(=O)NC(C)C1CCCCC1. The highest BCUT2D eigenvalue weighted by molar-refractivity contribution is 5.81. The Bertz CT molecular complexity index is 234. The third kappa shape index (κ3) is 5.07. The van der Waals surface area contributed by atoms with E-state index in [-0.39, 0.29) is 18.0 Å². The van der Waals surface area contributed by atoms with Crippen molar-refractivity contribution in [2.24, 2.45) is 17.6 Å². The smallest absolute Gasteiger partial charge is 0.237 e. The standard InChI is InChI=1S/C14H28N2O/c1-10(2)9-13(15)14(17)16-11(3)12-7-5-4-6-8-12/h10-13H,4-9,15H2,1-3H3,(H,16,17). The van der Waals surface area contributed by atoms with Crippen LogP contribution in [0, 0.1) is 11.8 Å². The van der Waals surface area contributed by atoms with Gasteiger partial charge in [-0.1, -0.05) is 33.1 Å². The Hall–Kier alpha value is -0.570. The van der Waals surface area contributed by atoms with Crippen LogP contribution in [0.3, 0.4) is 0 Å². The average molecular weight is 240 g/mol. The third-order valence-corrected chi connectivity index (χ3v) is 3.79. The number of hydrogen-bond acceptors (Lipinski definition) is 2. The maximum atomic E-state index is 11.9. The van der Waals surface area contributed by atoms with Gasteiger partial charge in [0, 0.05) is 6.04 Å². The van der Waals surface area contributed by atoms with Gasteiger partial charge in [-0.25, -0.2) is 0 Å². The summed E-state index contributed by atoms with van der Waals surface area (Å²) in [6.45, 7) is 6.31. The first-order valence-corrected chi connectivity index (χ1v) is 7.06. The molecule has 17 heavy (non-hydrogen) atoms. The molecule has 1 aliphatic rings. The Kier molecular flexibility index (Phi) is 5.96. The van der Waals surface area contributed by atoms with Crippen LogP contribution >= 0.6 is 0 Å². The molecule has 1 rings (SSSR count). The Morgan fingerprint density at radius 2 is 1.82 bits per heavy atom. The molecule has 1 aliphatic carbocycles. The number of rotatable bonds is 5. The summed E-state index contributed by atoms with van der Waals surface area (Å²) in [5.74, 6) is 1.15. The number of amides is 1. The van der Waals surface area contributed by atoms with Gasteiger partial charge in [-0.15, -0.1) is 0 Å². The minimum absolute atomic E-state index is 0.0248. The van der Waals surface area contributed by atoms with Gasteiger partial charge in [0.25, 0.3) is 0 Å². The summed E-state index contributed by atoms with van der Waals surface area (Å²) in [7, 11) is 0. The van der Waals surface area contributed by atoms with Crippen molar-refractivity contribution in [1.82, 2.24) is 5.32 Å². The summed E-state index contributed by atoms with van der Waals surface area (Å²) < 4.78 is 0. The largest absolute Gasteiger partial charge is 0.352 e. The summed E-state index contributed by atoms with van der Waals surface area (Å²) in [4.78, 5) is 11.9. The first-order valence-electron chi connectivity index (χ1n) is 7.06. The van der Waals surface area contributed by atoms with Crippen molar-refractivity contribution < 1.29 is 4.79 Å². The molecule has 0 saturated heterocycles. The molecule has 0 spiro atoms. The van der Waals surface area contributed by atoms with E-state index in [1.807, 2.05) is 0 Å². The van der Waals surface area contributed by atoms with Gasteiger partial charge in [-0.2, -0.15) is 0 Å². The van der Waals surface area contributed by atoms with Crippen molar-refractivity contribution in [3.8, 4) is 0 Å². The second-order valence-electron chi connectivity index (χ2n) is 5.93. The highest BCUT2D eigenvalue weighted by Crippen LogP contribution is 2.26. The second kappa shape index (κ2) is 7.00. The van der Waals surface area contributed by atoms with Gasteiger partial charge >= 0.3 is 0 Å². The zero-order chi connectivity index (χ0) is 12.8. The molecule has 0 aromatic heterocycles. The van der Waals surface area contributed by atoms with Crippen LogP contribution in [-0.2, 0) is 4.79 Å². The van der Waals surface area contributed by atoms with E-state index in [9.17, 15) is 4.79 Å². The van der Waals surface area contributed by atoms with Crippen molar-refractivity contribution >= 4 is 5.91 Å². The lowest BCUT2D eigenvalue weighted by molar-refractivity contribution is -0.123. The predicted octanol–water partition coefficient (Wildman–Crippen LogP) is 2.44. The molecule has 2 unspecified atom stereocenters. The minimum Gasteiger partial charge on any atom is -0.352 e. The summed E-state index contributed by atoms with van der Waals surface area (Å²) in [5.41, 5.74) is 5.88. The lowest BCUT2D eigenvalue weighted by Crippen LogP contribution is -2.47. The van der Waals surface area contributed by atoms with Gasteiger partial charge < -0.3 is 11.1 Å². The Morgan fingerprint density at radius 1 is 1.24 bits per heavy atom. The van der Waals surface area contributed by atoms with E-state index in [4.69, 9.17) is 5.73 Å². The highest BCUT2D eigenvalue weighted by Gasteiger charge is 2.23. The number of carbonyl (C=O) groups excluding carboxylic acids is 1. The Balaban J connectivity index is 2.33. The molecule has 0 heterocycles. The molecule has 3 heteroatoms. The van der Waals surface area contributed by atoms with E-state index in [1.165, 1.54) is 32.1 Å². The minimum atomic E-state index is -0.346. The lowest BCUT2D eigenvalue weighted by Gasteiger charge is -2.29. The first kappa shape index (κ1) is 14.5. The summed E-state index contributed by atoms with van der Waals surface area (Å²) in [6, 6.07) is -0.0675. The van der Waals surface area contributed by atoms with E-state index in [0.717, 1.165) is 6.42 Å². The van der Waals surface area contributed by atoms with E-state index in [2.05, 4.69) is 26.1 Å². The van der Waals surface area contributed by atoms with E-state index in [1.54, 1.807) is 0 Å². The number of carbonyl (C=O) groups is 1. The zero-order valence-electron chi connectivity index (χ0n) is 11.5. The normalized spacial score (nSPS) is 21.2. The summed E-state index contributed by atoms with van der Waals surface area (Å²) in [5, 5.41) is 3.09. The number of nitrogens with two attached hydrogens (primary N) is 1. The molecule has 1 fully saturated rings. The molecule has 2 atom stereocenters. The molecule has 0 aliphatic heterocycles. The van der Waals surface area contributed by atoms with Gasteiger partial charge in [0.2, 0.25) is 5.91 Å². The van der Waals surface area contributed by atoms with E-state index < -0.39 is 0 Å². The van der Waals surface area contributed by atoms with Gasteiger partial charge in [-0.3, -0.25) is 4.79 Å². The highest BCUT2D eigenvalue weighted by atomic mass is 16.2. The van der Waals surface area contributed by atoms with Crippen LogP contribution in [0.5, 0.6) is 0 Å². The van der Waals surface area contributed by atoms with Crippen LogP contribution < -0.4 is 11.1 Å². The van der Waals surface area contributed by atoms with Crippen molar-refractivity contribution in [1.29, 1.82) is 0 Å². The second-order valence-corrected chi connectivity index (χ2v) is 5.93. The van der Waals surface area contributed by atoms with Crippen LogP contribution in [0.15, 0.2) is 0 Å². The maximum Gasteiger partial charge on any atom is 0.237 e. The number of hydrogen-bond donors (Lipinski definition) is 2. The van der Waals surface area contributed by atoms with Crippen LogP contribution in [0.25, 0.3) is 0 Å². The molecule has 3 N–H and O–H groups in total. The lowest BCUT2D eigenvalue weighted by atomic mass is 9.84. The van der Waals surface area contributed by atoms with Gasteiger partial charge in [0.05, 0.1) is 6.04 Å². The fourth-order valence-electron chi connectivity index (χ4n) is 2.70. The molecule has 0 bridgehead atoms. The first-order chi connectivity index (χ1) is 8.00. The monoisotopic (exact) mass is 240 g/mol. The van der Waals surface area contributed by atoms with Crippen molar-refractivity contribution in [2.45, 2.75) is 71.4 Å². The van der Waals surface area contributed by atoms with Crippen molar-refractivity contribution in [3.05, 3.63) is 0 Å². The van der Waals surface area contributed by atoms with Crippen molar-refractivity contribution in [3.63, 3.8) is 0 Å². The topological polar surface area (TPSA) is 55.1 Å². The molecule has 100 valence electrons. The van der Waals surface area contributed by atoms with Crippen LogP contribution in [0.2, 0.25) is 0 Å². The molecule has 1 amide bonds. The Labute approximate surface area is 106 Å². The molecular formula is C14H28N2O. The average Bonchev–Trinajstić information content (AvgIpc) is 2.29. The summed E-state index contributed by atoms with van der Waals surface area (Å²) >= 11 is 0. The molecule has 0 aromatic rings. The van der Waals surface area contributed by atoms with E-state index in [0.29, 0.717) is 11.8 Å². The fraction of sp³-hybridized carbons (Fsp3) is 0.929. The van der Waals surface area contributed by atoms with Crippen molar-refractivity contribution in [2.75, 3.05) is 0 Å². The maximum absolute atomic E-state index is 11.9. The molecule has 1 saturated carbocycles. The van der Waals surface area contributed by atoms with Gasteiger partial charge in [0.15, 0.2) is 0 Å². The zero-order valence-corrected chi connectivity index (χ0v) is 11.5. The molecule has 0 aromatic carbocycles. The van der Waals surface area contributed by atoms with Gasteiger partial charge in [-0.05, 0) is 38.0 Å². The Morgan fingerprint density at radius 3 is 2.35 bits per heavy atom. The fourth-order valence-corrected chi connectivity index (χ4v) is 2.70. The molecule has 3 nitrogen and oxygen atoms in total. The third-order valence-electron chi connectivity index (χ3n) is 3.79.